The normalized spacial score (nSPS) is 18.5. The van der Waals surface area contributed by atoms with Crippen molar-refractivity contribution in [3.63, 3.8) is 0 Å². The molecule has 0 bridgehead atoms. The van der Waals surface area contributed by atoms with Crippen LogP contribution in [0.5, 0.6) is 5.75 Å². The lowest BCUT2D eigenvalue weighted by molar-refractivity contribution is 0.0979. The van der Waals surface area contributed by atoms with Crippen molar-refractivity contribution < 1.29 is 17.9 Å². The molecule has 0 aliphatic carbocycles. The third-order valence-corrected chi connectivity index (χ3v) is 6.31. The Morgan fingerprint density at radius 1 is 1.15 bits per heavy atom. The first-order valence-electron chi connectivity index (χ1n) is 8.42. The minimum absolute atomic E-state index is 0.0282. The molecule has 2 aromatic carbocycles. The molecule has 0 radical (unpaired) electrons. The quantitative estimate of drug-likeness (QED) is 0.778. The lowest BCUT2D eigenvalue weighted by Gasteiger charge is -2.28. The van der Waals surface area contributed by atoms with E-state index in [1.54, 1.807) is 53.4 Å². The first kappa shape index (κ1) is 18.7. The van der Waals surface area contributed by atoms with Crippen LogP contribution in [0.3, 0.4) is 0 Å². The summed E-state index contributed by atoms with van der Waals surface area (Å²) < 4.78 is 29.3. The molecular weight excluding hydrogens is 374 g/mol. The van der Waals surface area contributed by atoms with Gasteiger partial charge >= 0.3 is 0 Å². The van der Waals surface area contributed by atoms with Gasteiger partial charge in [0.1, 0.15) is 5.75 Å². The van der Waals surface area contributed by atoms with Crippen LogP contribution in [-0.2, 0) is 9.84 Å². The smallest absolute Gasteiger partial charge is 0.258 e. The van der Waals surface area contributed by atoms with Gasteiger partial charge in [0, 0.05) is 16.3 Å². The highest BCUT2D eigenvalue weighted by Gasteiger charge is 2.36. The van der Waals surface area contributed by atoms with E-state index in [1.165, 1.54) is 0 Å². The van der Waals surface area contributed by atoms with Crippen molar-refractivity contribution in [3.05, 3.63) is 59.1 Å². The van der Waals surface area contributed by atoms with Gasteiger partial charge in [-0.25, -0.2) is 8.42 Å². The molecule has 1 aliphatic rings. The Balaban J connectivity index is 1.96. The summed E-state index contributed by atoms with van der Waals surface area (Å²) in [5.41, 5.74) is 1.11. The molecule has 1 fully saturated rings. The van der Waals surface area contributed by atoms with E-state index >= 15 is 0 Å². The van der Waals surface area contributed by atoms with Crippen molar-refractivity contribution in [3.8, 4) is 5.75 Å². The number of carbonyl (C=O) groups is 1. The molecule has 26 heavy (non-hydrogen) atoms. The van der Waals surface area contributed by atoms with Crippen molar-refractivity contribution in [1.29, 1.82) is 0 Å². The fraction of sp³-hybridized carbons (Fsp3) is 0.316. The van der Waals surface area contributed by atoms with E-state index in [0.29, 0.717) is 35.1 Å². The van der Waals surface area contributed by atoms with Crippen LogP contribution >= 0.6 is 11.6 Å². The number of hydrogen-bond acceptors (Lipinski definition) is 4. The maximum absolute atomic E-state index is 13.1. The molecular formula is C19H20ClNO4S. The highest BCUT2D eigenvalue weighted by molar-refractivity contribution is 7.91. The van der Waals surface area contributed by atoms with Crippen LogP contribution < -0.4 is 9.64 Å². The second-order valence-corrected chi connectivity index (χ2v) is 8.83. The Hall–Kier alpha value is -2.05. The van der Waals surface area contributed by atoms with Crippen LogP contribution in [0.15, 0.2) is 48.5 Å². The molecule has 1 saturated heterocycles. The number of anilines is 1. The first-order valence-corrected chi connectivity index (χ1v) is 10.6. The Bertz CT molecular complexity index is 879. The van der Waals surface area contributed by atoms with E-state index in [-0.39, 0.29) is 23.5 Å². The largest absolute Gasteiger partial charge is 0.494 e. The second kappa shape index (κ2) is 7.68. The summed E-state index contributed by atoms with van der Waals surface area (Å²) in [5.74, 6) is 0.528. The van der Waals surface area contributed by atoms with E-state index in [2.05, 4.69) is 0 Å². The minimum atomic E-state index is -3.13. The molecule has 3 rings (SSSR count). The number of hydrogen-bond donors (Lipinski definition) is 0. The molecule has 1 atom stereocenters. The second-order valence-electron chi connectivity index (χ2n) is 6.17. The monoisotopic (exact) mass is 393 g/mol. The molecule has 1 heterocycles. The average molecular weight is 394 g/mol. The number of amides is 1. The van der Waals surface area contributed by atoms with Gasteiger partial charge in [-0.05, 0) is 61.9 Å². The molecule has 2 aromatic rings. The third kappa shape index (κ3) is 4.19. The number of sulfone groups is 1. The van der Waals surface area contributed by atoms with Gasteiger partial charge in [-0.3, -0.25) is 4.79 Å². The summed E-state index contributed by atoms with van der Waals surface area (Å²) in [4.78, 5) is 14.7. The van der Waals surface area contributed by atoms with Crippen LogP contribution in [0, 0.1) is 0 Å². The predicted molar refractivity (Wildman–Crippen MR) is 103 cm³/mol. The highest BCUT2D eigenvalue weighted by atomic mass is 35.5. The standard InChI is InChI=1S/C19H20ClNO4S/c1-2-25-18-9-7-16(8-10-18)21(17-11-12-26(23,24)13-17)19(22)14-3-5-15(20)6-4-14/h3-10,17H,2,11-13H2,1H3. The van der Waals surface area contributed by atoms with E-state index in [9.17, 15) is 13.2 Å². The van der Waals surface area contributed by atoms with Crippen molar-refractivity contribution in [2.45, 2.75) is 19.4 Å². The Kier molecular flexibility index (Phi) is 5.53. The molecule has 0 aromatic heterocycles. The van der Waals surface area contributed by atoms with Crippen molar-refractivity contribution in [2.75, 3.05) is 23.0 Å². The molecule has 7 heteroatoms. The van der Waals surface area contributed by atoms with Gasteiger partial charge in [0.15, 0.2) is 9.84 Å². The Morgan fingerprint density at radius 3 is 2.35 bits per heavy atom. The SMILES string of the molecule is CCOc1ccc(N(C(=O)c2ccc(Cl)cc2)C2CCS(=O)(=O)C2)cc1. The number of carbonyl (C=O) groups excluding carboxylic acids is 1. The maximum atomic E-state index is 13.1. The zero-order valence-electron chi connectivity index (χ0n) is 14.4. The lowest BCUT2D eigenvalue weighted by atomic mass is 10.1. The van der Waals surface area contributed by atoms with Gasteiger partial charge in [-0.2, -0.15) is 0 Å². The van der Waals surface area contributed by atoms with Gasteiger partial charge in [0.05, 0.1) is 24.2 Å². The van der Waals surface area contributed by atoms with E-state index in [0.717, 1.165) is 0 Å². The Morgan fingerprint density at radius 2 is 1.81 bits per heavy atom. The molecule has 1 amide bonds. The molecule has 1 unspecified atom stereocenters. The van der Waals surface area contributed by atoms with Crippen LogP contribution in [0.25, 0.3) is 0 Å². The van der Waals surface area contributed by atoms with Gasteiger partial charge in [0.25, 0.3) is 5.91 Å². The molecule has 0 spiro atoms. The zero-order valence-corrected chi connectivity index (χ0v) is 16.0. The summed E-state index contributed by atoms with van der Waals surface area (Å²) in [6, 6.07) is 13.3. The first-order chi connectivity index (χ1) is 12.4. The fourth-order valence-electron chi connectivity index (χ4n) is 3.07. The number of ether oxygens (including phenoxy) is 1. The fourth-order valence-corrected chi connectivity index (χ4v) is 4.90. The predicted octanol–water partition coefficient (Wildman–Crippen LogP) is 3.57. The van der Waals surface area contributed by atoms with Crippen molar-refractivity contribution in [2.24, 2.45) is 0 Å². The number of nitrogens with zero attached hydrogens (tertiary/aromatic N) is 1. The molecule has 1 aliphatic heterocycles. The molecule has 138 valence electrons. The average Bonchev–Trinajstić information content (AvgIpc) is 2.97. The zero-order chi connectivity index (χ0) is 18.7. The molecule has 5 nitrogen and oxygen atoms in total. The van der Waals surface area contributed by atoms with Gasteiger partial charge in [-0.1, -0.05) is 11.6 Å². The van der Waals surface area contributed by atoms with E-state index in [1.807, 2.05) is 6.92 Å². The maximum Gasteiger partial charge on any atom is 0.258 e. The molecule has 0 N–H and O–H groups in total. The summed E-state index contributed by atoms with van der Waals surface area (Å²) in [6.07, 6.45) is 0.425. The topological polar surface area (TPSA) is 63.7 Å². The van der Waals surface area contributed by atoms with Gasteiger partial charge in [0.2, 0.25) is 0 Å². The number of benzene rings is 2. The van der Waals surface area contributed by atoms with Gasteiger partial charge in [-0.15, -0.1) is 0 Å². The molecule has 0 saturated carbocycles. The van der Waals surface area contributed by atoms with E-state index < -0.39 is 9.84 Å². The summed E-state index contributed by atoms with van der Waals surface area (Å²) in [5, 5.41) is 0.539. The summed E-state index contributed by atoms with van der Waals surface area (Å²) in [7, 11) is -3.13. The van der Waals surface area contributed by atoms with Crippen LogP contribution in [-0.4, -0.2) is 38.5 Å². The summed E-state index contributed by atoms with van der Waals surface area (Å²) in [6.45, 7) is 2.45. The van der Waals surface area contributed by atoms with Crippen molar-refractivity contribution >= 4 is 33.0 Å². The number of halogens is 1. The van der Waals surface area contributed by atoms with E-state index in [4.69, 9.17) is 16.3 Å². The summed E-state index contributed by atoms with van der Waals surface area (Å²) >= 11 is 5.91. The van der Waals surface area contributed by atoms with Crippen LogP contribution in [0.1, 0.15) is 23.7 Å². The minimum Gasteiger partial charge on any atom is -0.494 e. The highest BCUT2D eigenvalue weighted by Crippen LogP contribution is 2.28. The number of rotatable bonds is 5. The Labute approximate surface area is 158 Å². The third-order valence-electron chi connectivity index (χ3n) is 4.31. The van der Waals surface area contributed by atoms with Crippen LogP contribution in [0.2, 0.25) is 5.02 Å². The lowest BCUT2D eigenvalue weighted by Crippen LogP contribution is -2.41. The van der Waals surface area contributed by atoms with Crippen molar-refractivity contribution in [1.82, 2.24) is 0 Å². The van der Waals surface area contributed by atoms with Crippen LogP contribution in [0.4, 0.5) is 5.69 Å². The van der Waals surface area contributed by atoms with Gasteiger partial charge < -0.3 is 9.64 Å².